The van der Waals surface area contributed by atoms with Crippen LogP contribution in [0.25, 0.3) is 5.69 Å². The van der Waals surface area contributed by atoms with E-state index in [1.807, 2.05) is 52.9 Å². The zero-order valence-electron chi connectivity index (χ0n) is 17.4. The number of carbonyl (C=O) groups is 1. The summed E-state index contributed by atoms with van der Waals surface area (Å²) in [7, 11) is 5.36. The average molecular weight is 427 g/mol. The summed E-state index contributed by atoms with van der Waals surface area (Å²) in [6.07, 6.45) is 3.72. The minimum Gasteiger partial charge on any atom is -0.497 e. The van der Waals surface area contributed by atoms with Gasteiger partial charge in [0.1, 0.15) is 11.5 Å². The maximum Gasteiger partial charge on any atom is 0.269 e. The van der Waals surface area contributed by atoms with Crippen LogP contribution in [0, 0.1) is 0 Å². The fourth-order valence-electron chi connectivity index (χ4n) is 3.74. The number of nitrogens with zero attached hydrogens (tertiary/aromatic N) is 4. The third-order valence-corrected chi connectivity index (χ3v) is 6.28. The molecule has 3 heterocycles. The second-order valence-corrected chi connectivity index (χ2v) is 8.32. The van der Waals surface area contributed by atoms with Crippen molar-refractivity contribution in [1.29, 1.82) is 0 Å². The molecular formula is C22H26N4O3S. The highest BCUT2D eigenvalue weighted by Gasteiger charge is 2.31. The molecule has 8 heteroatoms. The Morgan fingerprint density at radius 3 is 2.43 bits per heavy atom. The molecular weight excluding hydrogens is 400 g/mol. The highest BCUT2D eigenvalue weighted by Crippen LogP contribution is 2.28. The molecule has 0 saturated carbocycles. The van der Waals surface area contributed by atoms with E-state index >= 15 is 0 Å². The van der Waals surface area contributed by atoms with Crippen LogP contribution in [0.2, 0.25) is 0 Å². The summed E-state index contributed by atoms with van der Waals surface area (Å²) in [5.74, 6) is 2.03. The third kappa shape index (κ3) is 4.20. The Kier molecular flexibility index (Phi) is 6.06. The van der Waals surface area contributed by atoms with Crippen LogP contribution in [-0.2, 0) is 0 Å². The van der Waals surface area contributed by atoms with Crippen molar-refractivity contribution in [2.75, 3.05) is 39.3 Å². The molecule has 1 saturated heterocycles. The maximum absolute atomic E-state index is 13.4. The number of hydrogen-bond acceptors (Lipinski definition) is 6. The standard InChI is InChI=1S/C22H26N4O3S/c1-24-9-6-16(7-10-24)26(22(27)20-5-4-12-30-20)21-8-11-25(23-21)17-13-18(28-2)15-19(14-17)29-3/h4-5,8,11-16H,6-7,9-10H2,1-3H3. The molecule has 30 heavy (non-hydrogen) atoms. The van der Waals surface area contributed by atoms with Crippen molar-refractivity contribution in [2.24, 2.45) is 0 Å². The van der Waals surface area contributed by atoms with E-state index in [0.717, 1.165) is 36.5 Å². The fourth-order valence-corrected chi connectivity index (χ4v) is 4.40. The van der Waals surface area contributed by atoms with Gasteiger partial charge in [0.25, 0.3) is 5.91 Å². The largest absolute Gasteiger partial charge is 0.497 e. The van der Waals surface area contributed by atoms with Gasteiger partial charge in [-0.25, -0.2) is 4.68 Å². The number of carbonyl (C=O) groups excluding carboxylic acids is 1. The first-order valence-corrected chi connectivity index (χ1v) is 10.8. The van der Waals surface area contributed by atoms with Gasteiger partial charge in [-0.1, -0.05) is 6.07 Å². The molecule has 0 bridgehead atoms. The average Bonchev–Trinajstić information content (AvgIpc) is 3.47. The Morgan fingerprint density at radius 1 is 1.13 bits per heavy atom. The Morgan fingerprint density at radius 2 is 1.83 bits per heavy atom. The normalized spacial score (nSPS) is 15.2. The van der Waals surface area contributed by atoms with Gasteiger partial charge < -0.3 is 14.4 Å². The van der Waals surface area contributed by atoms with Gasteiger partial charge in [0.2, 0.25) is 0 Å². The number of piperidine rings is 1. The molecule has 0 atom stereocenters. The van der Waals surface area contributed by atoms with E-state index in [4.69, 9.17) is 14.6 Å². The van der Waals surface area contributed by atoms with Crippen molar-refractivity contribution in [1.82, 2.24) is 14.7 Å². The molecule has 0 spiro atoms. The van der Waals surface area contributed by atoms with Gasteiger partial charge in [0.05, 0.1) is 24.8 Å². The Balaban J connectivity index is 1.69. The van der Waals surface area contributed by atoms with Crippen LogP contribution in [0.15, 0.2) is 48.0 Å². The van der Waals surface area contributed by atoms with Crippen LogP contribution in [0.1, 0.15) is 22.5 Å². The summed E-state index contributed by atoms with van der Waals surface area (Å²) in [6, 6.07) is 11.4. The molecule has 7 nitrogen and oxygen atoms in total. The van der Waals surface area contributed by atoms with E-state index in [9.17, 15) is 4.79 Å². The lowest BCUT2D eigenvalue weighted by Crippen LogP contribution is -2.47. The lowest BCUT2D eigenvalue weighted by molar-refractivity contribution is 0.0966. The molecule has 1 amide bonds. The van der Waals surface area contributed by atoms with Crippen molar-refractivity contribution in [2.45, 2.75) is 18.9 Å². The topological polar surface area (TPSA) is 59.8 Å². The van der Waals surface area contributed by atoms with Crippen molar-refractivity contribution in [3.05, 3.63) is 52.9 Å². The molecule has 1 aliphatic rings. The summed E-state index contributed by atoms with van der Waals surface area (Å²) in [4.78, 5) is 18.3. The zero-order valence-corrected chi connectivity index (χ0v) is 18.3. The van der Waals surface area contributed by atoms with E-state index in [-0.39, 0.29) is 11.9 Å². The monoisotopic (exact) mass is 426 g/mol. The van der Waals surface area contributed by atoms with Gasteiger partial charge in [-0.15, -0.1) is 16.4 Å². The Labute approximate surface area is 180 Å². The van der Waals surface area contributed by atoms with Crippen molar-refractivity contribution in [3.8, 4) is 17.2 Å². The minimum absolute atomic E-state index is 0.00743. The van der Waals surface area contributed by atoms with Crippen LogP contribution in [0.3, 0.4) is 0 Å². The van der Waals surface area contributed by atoms with Crippen molar-refractivity contribution >= 4 is 23.1 Å². The Hall–Kier alpha value is -2.84. The summed E-state index contributed by atoms with van der Waals surface area (Å²) in [6.45, 7) is 1.93. The number of aromatic nitrogens is 2. The molecule has 1 aliphatic heterocycles. The highest BCUT2D eigenvalue weighted by molar-refractivity contribution is 7.12. The van der Waals surface area contributed by atoms with Crippen LogP contribution >= 0.6 is 11.3 Å². The van der Waals surface area contributed by atoms with Gasteiger partial charge in [-0.05, 0) is 44.4 Å². The molecule has 2 aromatic heterocycles. The van der Waals surface area contributed by atoms with Gasteiger partial charge in [0.15, 0.2) is 5.82 Å². The van der Waals surface area contributed by atoms with E-state index in [1.165, 1.54) is 11.3 Å². The number of benzene rings is 1. The van der Waals surface area contributed by atoms with Gasteiger partial charge in [-0.3, -0.25) is 9.69 Å². The number of anilines is 1. The molecule has 0 radical (unpaired) electrons. The molecule has 1 aromatic carbocycles. The molecule has 4 rings (SSSR count). The third-order valence-electron chi connectivity index (χ3n) is 5.43. The second-order valence-electron chi connectivity index (χ2n) is 7.38. The fraction of sp³-hybridized carbons (Fsp3) is 0.364. The maximum atomic E-state index is 13.4. The van der Waals surface area contributed by atoms with Crippen molar-refractivity contribution < 1.29 is 14.3 Å². The number of likely N-dealkylation sites (tertiary alicyclic amines) is 1. The lowest BCUT2D eigenvalue weighted by Gasteiger charge is -2.36. The van der Waals surface area contributed by atoms with Crippen LogP contribution in [0.5, 0.6) is 11.5 Å². The first-order valence-electron chi connectivity index (χ1n) is 9.94. The predicted molar refractivity (Wildman–Crippen MR) is 118 cm³/mol. The summed E-state index contributed by atoms with van der Waals surface area (Å²) in [5, 5.41) is 6.69. The Bertz CT molecular complexity index is 971. The molecule has 1 fully saturated rings. The number of amides is 1. The number of ether oxygens (including phenoxy) is 2. The quantitative estimate of drug-likeness (QED) is 0.602. The van der Waals surface area contributed by atoms with Gasteiger partial charge in [-0.2, -0.15) is 0 Å². The number of rotatable bonds is 6. The molecule has 0 unspecified atom stereocenters. The highest BCUT2D eigenvalue weighted by atomic mass is 32.1. The SMILES string of the molecule is COc1cc(OC)cc(-n2ccc(N(C(=O)c3cccs3)C3CCN(C)CC3)n2)c1. The second kappa shape index (κ2) is 8.89. The molecule has 158 valence electrons. The first kappa shape index (κ1) is 20.4. The summed E-state index contributed by atoms with van der Waals surface area (Å²) in [5.41, 5.74) is 0.810. The first-order chi connectivity index (χ1) is 14.6. The number of hydrogen-bond donors (Lipinski definition) is 0. The number of methoxy groups -OCH3 is 2. The van der Waals surface area contributed by atoms with Crippen LogP contribution in [0.4, 0.5) is 5.82 Å². The summed E-state index contributed by atoms with van der Waals surface area (Å²) < 4.78 is 12.5. The molecule has 0 aliphatic carbocycles. The van der Waals surface area contributed by atoms with Crippen LogP contribution in [-0.4, -0.2) is 61.0 Å². The van der Waals surface area contributed by atoms with Crippen molar-refractivity contribution in [3.63, 3.8) is 0 Å². The van der Waals surface area contributed by atoms with Gasteiger partial charge in [0, 0.05) is 36.5 Å². The minimum atomic E-state index is 0.00743. The van der Waals surface area contributed by atoms with E-state index in [1.54, 1.807) is 18.9 Å². The van der Waals surface area contributed by atoms with E-state index in [0.29, 0.717) is 17.3 Å². The zero-order chi connectivity index (χ0) is 21.1. The smallest absolute Gasteiger partial charge is 0.269 e. The predicted octanol–water partition coefficient (Wildman–Crippen LogP) is 3.69. The van der Waals surface area contributed by atoms with Crippen LogP contribution < -0.4 is 14.4 Å². The van der Waals surface area contributed by atoms with Gasteiger partial charge >= 0.3 is 0 Å². The molecule has 3 aromatic rings. The number of thiophene rings is 1. The summed E-state index contributed by atoms with van der Waals surface area (Å²) >= 11 is 1.46. The molecule has 0 N–H and O–H groups in total. The lowest BCUT2D eigenvalue weighted by atomic mass is 10.0. The van der Waals surface area contributed by atoms with E-state index < -0.39 is 0 Å². The van der Waals surface area contributed by atoms with E-state index in [2.05, 4.69) is 11.9 Å².